The molecule has 4 N–H and O–H groups in total. The van der Waals surface area contributed by atoms with Gasteiger partial charge in [-0.15, -0.1) is 0 Å². The number of allylic oxidation sites excluding steroid dienone is 6. The van der Waals surface area contributed by atoms with E-state index in [-0.39, 0.29) is 13.0 Å². The number of carboxylic acid groups (broad SMARTS) is 1. The normalized spacial score (nSPS) is 14.0. The van der Waals surface area contributed by atoms with Gasteiger partial charge in [0.15, 0.2) is 0 Å². The molecule has 0 amide bonds. The zero-order valence-electron chi connectivity index (χ0n) is 40.7. The van der Waals surface area contributed by atoms with Crippen molar-refractivity contribution in [1.29, 1.82) is 0 Å². The van der Waals surface area contributed by atoms with Crippen molar-refractivity contribution in [2.24, 2.45) is 5.73 Å². The maximum atomic E-state index is 12.7. The lowest BCUT2D eigenvalue weighted by molar-refractivity contribution is -0.154. The van der Waals surface area contributed by atoms with Crippen LogP contribution >= 0.6 is 7.82 Å². The molecule has 0 aliphatic carbocycles. The third-order valence-corrected chi connectivity index (χ3v) is 12.4. The average molecular weight is 912 g/mol. The number of unbranched alkanes of at least 4 members (excludes halogenated alkanes) is 30. The molecular formula is C52H98NO9P. The fraction of sp³-hybridized carbons (Fsp3) is 0.846. The minimum absolute atomic E-state index is 0.0147. The topological polar surface area (TPSA) is 155 Å². The quantitative estimate of drug-likeness (QED) is 0.0232. The highest BCUT2D eigenvalue weighted by Gasteiger charge is 2.27. The van der Waals surface area contributed by atoms with Gasteiger partial charge in [-0.2, -0.15) is 0 Å². The lowest BCUT2D eigenvalue weighted by atomic mass is 10.0. The van der Waals surface area contributed by atoms with Crippen LogP contribution in [-0.2, 0) is 32.7 Å². The summed E-state index contributed by atoms with van der Waals surface area (Å²) in [6.07, 6.45) is 56.3. The number of phosphoric ester groups is 1. The summed E-state index contributed by atoms with van der Waals surface area (Å²) in [4.78, 5) is 33.7. The molecule has 10 nitrogen and oxygen atoms in total. The monoisotopic (exact) mass is 912 g/mol. The molecule has 0 heterocycles. The molecule has 11 heteroatoms. The van der Waals surface area contributed by atoms with Crippen LogP contribution in [0.15, 0.2) is 36.5 Å². The molecule has 0 aromatic carbocycles. The first-order valence-corrected chi connectivity index (χ1v) is 27.5. The zero-order chi connectivity index (χ0) is 46.2. The maximum Gasteiger partial charge on any atom is 0.472 e. The molecular weight excluding hydrogens is 814 g/mol. The molecule has 0 rings (SSSR count). The second kappa shape index (κ2) is 48.1. The van der Waals surface area contributed by atoms with Crippen LogP contribution in [0.5, 0.6) is 0 Å². The number of carbonyl (C=O) groups is 2. The summed E-state index contributed by atoms with van der Waals surface area (Å²) in [6.45, 7) is 3.80. The fourth-order valence-corrected chi connectivity index (χ4v) is 8.22. The highest BCUT2D eigenvalue weighted by molar-refractivity contribution is 7.47. The molecule has 3 unspecified atom stereocenters. The van der Waals surface area contributed by atoms with Crippen LogP contribution in [0.25, 0.3) is 0 Å². The van der Waals surface area contributed by atoms with Gasteiger partial charge in [-0.3, -0.25) is 18.6 Å². The van der Waals surface area contributed by atoms with Gasteiger partial charge in [-0.1, -0.05) is 230 Å². The number of carbonyl (C=O) groups excluding carboxylic acids is 1. The summed E-state index contributed by atoms with van der Waals surface area (Å²) in [7, 11) is -4.62. The van der Waals surface area contributed by atoms with Crippen LogP contribution in [0.3, 0.4) is 0 Å². The lowest BCUT2D eigenvalue weighted by Gasteiger charge is -2.20. The van der Waals surface area contributed by atoms with E-state index in [4.69, 9.17) is 29.4 Å². The summed E-state index contributed by atoms with van der Waals surface area (Å²) in [5.41, 5.74) is 5.38. The van der Waals surface area contributed by atoms with E-state index >= 15 is 0 Å². The Balaban J connectivity index is 4.09. The van der Waals surface area contributed by atoms with E-state index in [0.717, 1.165) is 57.8 Å². The van der Waals surface area contributed by atoms with Gasteiger partial charge in [0.1, 0.15) is 12.1 Å². The molecule has 0 bridgehead atoms. The third kappa shape index (κ3) is 48.0. The number of ether oxygens (including phenoxy) is 2. The number of hydrogen-bond donors (Lipinski definition) is 3. The van der Waals surface area contributed by atoms with Crippen molar-refractivity contribution in [1.82, 2.24) is 0 Å². The summed E-state index contributed by atoms with van der Waals surface area (Å²) in [5, 5.41) is 8.93. The Hall–Kier alpha value is -1.81. The molecule has 3 atom stereocenters. The highest BCUT2D eigenvalue weighted by atomic mass is 31.2. The van der Waals surface area contributed by atoms with Crippen molar-refractivity contribution >= 4 is 19.8 Å². The molecule has 0 aliphatic heterocycles. The summed E-state index contributed by atoms with van der Waals surface area (Å²) in [6, 6.07) is -1.47. The molecule has 0 radical (unpaired) electrons. The van der Waals surface area contributed by atoms with E-state index < -0.39 is 45.1 Å². The van der Waals surface area contributed by atoms with Crippen LogP contribution in [-0.4, -0.2) is 60.5 Å². The summed E-state index contributed by atoms with van der Waals surface area (Å²) >= 11 is 0. The number of rotatable bonds is 50. The first-order valence-electron chi connectivity index (χ1n) is 26.0. The van der Waals surface area contributed by atoms with Crippen LogP contribution < -0.4 is 5.73 Å². The van der Waals surface area contributed by atoms with Crippen LogP contribution in [0.1, 0.15) is 245 Å². The van der Waals surface area contributed by atoms with Gasteiger partial charge in [0.05, 0.1) is 19.8 Å². The van der Waals surface area contributed by atoms with E-state index in [2.05, 4.69) is 50.3 Å². The average Bonchev–Trinajstić information content (AvgIpc) is 3.26. The van der Waals surface area contributed by atoms with Crippen LogP contribution in [0, 0.1) is 0 Å². The molecule has 370 valence electrons. The smallest absolute Gasteiger partial charge is 0.472 e. The maximum absolute atomic E-state index is 12.7. The number of phosphoric acid groups is 1. The minimum atomic E-state index is -4.62. The largest absolute Gasteiger partial charge is 0.480 e. The zero-order valence-corrected chi connectivity index (χ0v) is 41.6. The third-order valence-electron chi connectivity index (χ3n) is 11.4. The molecule has 63 heavy (non-hydrogen) atoms. The van der Waals surface area contributed by atoms with E-state index in [9.17, 15) is 19.0 Å². The van der Waals surface area contributed by atoms with Gasteiger partial charge in [-0.25, -0.2) is 4.57 Å². The Kier molecular flexibility index (Phi) is 46.7. The van der Waals surface area contributed by atoms with E-state index in [1.807, 2.05) is 0 Å². The van der Waals surface area contributed by atoms with Crippen molar-refractivity contribution in [2.75, 3.05) is 26.4 Å². The molecule has 0 saturated carbocycles. The lowest BCUT2D eigenvalue weighted by Crippen LogP contribution is -2.34. The second-order valence-corrected chi connectivity index (χ2v) is 19.1. The number of nitrogens with two attached hydrogens (primary N) is 1. The van der Waals surface area contributed by atoms with Crippen molar-refractivity contribution in [3.63, 3.8) is 0 Å². The number of hydrogen-bond acceptors (Lipinski definition) is 8. The summed E-state index contributed by atoms with van der Waals surface area (Å²) in [5.74, 6) is -1.77. The van der Waals surface area contributed by atoms with E-state index in [1.54, 1.807) is 0 Å². The number of carboxylic acids is 1. The second-order valence-electron chi connectivity index (χ2n) is 17.6. The molecule has 0 aliphatic rings. The van der Waals surface area contributed by atoms with Crippen molar-refractivity contribution in [2.45, 2.75) is 257 Å². The predicted octanol–water partition coefficient (Wildman–Crippen LogP) is 15.2. The Labute approximate surface area is 387 Å². The van der Waals surface area contributed by atoms with Crippen molar-refractivity contribution < 1.29 is 42.7 Å². The molecule has 0 aromatic heterocycles. The summed E-state index contributed by atoms with van der Waals surface area (Å²) < 4.78 is 33.5. The van der Waals surface area contributed by atoms with Gasteiger partial charge in [0.2, 0.25) is 0 Å². The molecule has 0 fully saturated rings. The van der Waals surface area contributed by atoms with Gasteiger partial charge < -0.3 is 25.2 Å². The van der Waals surface area contributed by atoms with Gasteiger partial charge in [-0.05, 0) is 44.9 Å². The Morgan fingerprint density at radius 2 is 0.921 bits per heavy atom. The van der Waals surface area contributed by atoms with E-state index in [0.29, 0.717) is 13.0 Å². The van der Waals surface area contributed by atoms with Crippen molar-refractivity contribution in [3.8, 4) is 0 Å². The van der Waals surface area contributed by atoms with Gasteiger partial charge >= 0.3 is 19.8 Å². The first-order chi connectivity index (χ1) is 30.7. The minimum Gasteiger partial charge on any atom is -0.480 e. The van der Waals surface area contributed by atoms with Gasteiger partial charge in [0.25, 0.3) is 0 Å². The molecule has 0 saturated heterocycles. The Morgan fingerprint density at radius 1 is 0.524 bits per heavy atom. The SMILES string of the molecule is CC/C=C\C/C=C\C/C=C\CCCCCCCCCCOCC(COP(=O)(O)OCC(N)C(=O)O)OC(=O)CCCCCCCCCCCCCCCCCCCCCCCCC. The van der Waals surface area contributed by atoms with Gasteiger partial charge in [0, 0.05) is 13.0 Å². The molecule has 0 aromatic rings. The standard InChI is InChI=1S/C52H98NO9P/c1-3-5-7-9-11-13-15-17-19-21-23-24-25-26-27-28-30-32-34-36-38-40-42-44-51(54)62-49(47-60-63(57,58)61-48-50(53)52(55)56)46-59-45-43-41-39-37-35-33-31-29-22-20-18-16-14-12-10-8-6-4-2/h6,8,12,14,18,20,49-50H,3-5,7,9-11,13,15-17,19,21-48,53H2,1-2H3,(H,55,56)(H,57,58)/b8-6-,14-12-,20-18-. The van der Waals surface area contributed by atoms with Crippen LogP contribution in [0.2, 0.25) is 0 Å². The fourth-order valence-electron chi connectivity index (χ4n) is 7.44. The molecule has 0 spiro atoms. The Bertz CT molecular complexity index is 1150. The predicted molar refractivity (Wildman–Crippen MR) is 263 cm³/mol. The Morgan fingerprint density at radius 3 is 1.38 bits per heavy atom. The first kappa shape index (κ1) is 61.2. The number of aliphatic carboxylic acids is 1. The van der Waals surface area contributed by atoms with E-state index in [1.165, 1.54) is 161 Å². The highest BCUT2D eigenvalue weighted by Crippen LogP contribution is 2.43. The van der Waals surface area contributed by atoms with Crippen LogP contribution in [0.4, 0.5) is 0 Å². The number of esters is 1. The van der Waals surface area contributed by atoms with Crippen molar-refractivity contribution in [3.05, 3.63) is 36.5 Å².